The molecule has 1 aromatic heterocycles. The number of amides is 1. The Morgan fingerprint density at radius 3 is 2.65 bits per heavy atom. The lowest BCUT2D eigenvalue weighted by Crippen LogP contribution is -2.43. The van der Waals surface area contributed by atoms with E-state index in [1.54, 1.807) is 6.20 Å². The number of hydrogen-bond acceptors (Lipinski definition) is 3. The van der Waals surface area contributed by atoms with E-state index in [0.29, 0.717) is 36.0 Å². The van der Waals surface area contributed by atoms with Crippen molar-refractivity contribution in [2.24, 2.45) is 30.7 Å². The molecule has 1 aromatic rings. The van der Waals surface area contributed by atoms with Gasteiger partial charge in [-0.2, -0.15) is 0 Å². The summed E-state index contributed by atoms with van der Waals surface area (Å²) in [4.78, 5) is 19.2. The summed E-state index contributed by atoms with van der Waals surface area (Å²) in [5.74, 6) is 2.80. The van der Waals surface area contributed by atoms with Gasteiger partial charge in [0.25, 0.3) is 0 Å². The van der Waals surface area contributed by atoms with E-state index in [1.807, 2.05) is 22.7 Å². The Labute approximate surface area is 137 Å². The number of aryl methyl sites for hydroxylation is 1. The number of piperidine rings is 1. The van der Waals surface area contributed by atoms with Crippen LogP contribution in [-0.4, -0.2) is 38.6 Å². The smallest absolute Gasteiger partial charge is 0.226 e. The van der Waals surface area contributed by atoms with E-state index in [-0.39, 0.29) is 5.92 Å². The van der Waals surface area contributed by atoms with Gasteiger partial charge >= 0.3 is 0 Å². The van der Waals surface area contributed by atoms with Crippen molar-refractivity contribution in [3.63, 3.8) is 0 Å². The summed E-state index contributed by atoms with van der Waals surface area (Å²) in [7, 11) is 1.91. The molecule has 1 aliphatic heterocycles. The predicted octanol–water partition coefficient (Wildman–Crippen LogP) is 2.13. The third-order valence-corrected chi connectivity index (χ3v) is 6.28. The maximum Gasteiger partial charge on any atom is 0.226 e. The van der Waals surface area contributed by atoms with Crippen molar-refractivity contribution in [3.05, 3.63) is 18.2 Å². The maximum absolute atomic E-state index is 12.9. The fraction of sp³-hybridized carbons (Fsp3) is 0.778. The Kier molecular flexibility index (Phi) is 3.92. The molecule has 1 N–H and O–H groups in total. The summed E-state index contributed by atoms with van der Waals surface area (Å²) in [6.45, 7) is 1.54. The van der Waals surface area contributed by atoms with Gasteiger partial charge in [0, 0.05) is 44.4 Å². The van der Waals surface area contributed by atoms with Crippen LogP contribution in [0.4, 0.5) is 0 Å². The minimum atomic E-state index is -0.577. The molecule has 1 saturated heterocycles. The number of rotatable bonds is 3. The molecule has 2 heterocycles. The highest BCUT2D eigenvalue weighted by Crippen LogP contribution is 2.56. The molecule has 126 valence electrons. The molecule has 2 aliphatic carbocycles. The summed E-state index contributed by atoms with van der Waals surface area (Å²) < 4.78 is 1.88. The lowest BCUT2D eigenvalue weighted by Gasteiger charge is -2.35. The fourth-order valence-corrected chi connectivity index (χ4v) is 4.91. The van der Waals surface area contributed by atoms with Crippen LogP contribution in [0.15, 0.2) is 12.4 Å². The molecule has 5 heteroatoms. The SMILES string of the molecule is Cn1ccnc1C(O)C1CCCN(C(=O)C2C3CCCCC32)C1. The number of carbonyl (C=O) groups is 1. The molecule has 0 radical (unpaired) electrons. The highest BCUT2D eigenvalue weighted by molar-refractivity contribution is 5.82. The zero-order chi connectivity index (χ0) is 16.0. The van der Waals surface area contributed by atoms with Gasteiger partial charge in [0.1, 0.15) is 11.9 Å². The van der Waals surface area contributed by atoms with Gasteiger partial charge in [0.05, 0.1) is 0 Å². The van der Waals surface area contributed by atoms with Gasteiger partial charge in [0.2, 0.25) is 5.91 Å². The topological polar surface area (TPSA) is 58.4 Å². The summed E-state index contributed by atoms with van der Waals surface area (Å²) in [6.07, 6.45) is 10.0. The number of nitrogens with zero attached hydrogens (tertiary/aromatic N) is 3. The zero-order valence-electron chi connectivity index (χ0n) is 13.9. The summed E-state index contributed by atoms with van der Waals surface area (Å²) in [6, 6.07) is 0. The van der Waals surface area contributed by atoms with Crippen molar-refractivity contribution in [1.82, 2.24) is 14.5 Å². The van der Waals surface area contributed by atoms with Crippen LogP contribution in [0.2, 0.25) is 0 Å². The molecule has 2 saturated carbocycles. The largest absolute Gasteiger partial charge is 0.385 e. The minimum absolute atomic E-state index is 0.106. The van der Waals surface area contributed by atoms with Gasteiger partial charge in [-0.3, -0.25) is 4.79 Å². The summed E-state index contributed by atoms with van der Waals surface area (Å²) >= 11 is 0. The number of imidazole rings is 1. The molecular weight excluding hydrogens is 290 g/mol. The first-order valence-corrected chi connectivity index (χ1v) is 9.11. The Morgan fingerprint density at radius 1 is 1.26 bits per heavy atom. The van der Waals surface area contributed by atoms with Crippen molar-refractivity contribution in [3.8, 4) is 0 Å². The van der Waals surface area contributed by atoms with E-state index in [9.17, 15) is 9.90 Å². The Hall–Kier alpha value is -1.36. The van der Waals surface area contributed by atoms with Crippen LogP contribution in [0.25, 0.3) is 0 Å². The number of aliphatic hydroxyl groups is 1. The summed E-state index contributed by atoms with van der Waals surface area (Å²) in [5, 5.41) is 10.7. The normalized spacial score (nSPS) is 34.8. The van der Waals surface area contributed by atoms with Crippen LogP contribution < -0.4 is 0 Å². The third-order valence-electron chi connectivity index (χ3n) is 6.28. The molecule has 5 nitrogen and oxygen atoms in total. The van der Waals surface area contributed by atoms with Crippen LogP contribution in [0.3, 0.4) is 0 Å². The number of aromatic nitrogens is 2. The van der Waals surface area contributed by atoms with Crippen LogP contribution in [0.1, 0.15) is 50.5 Å². The zero-order valence-corrected chi connectivity index (χ0v) is 13.9. The molecule has 3 fully saturated rings. The van der Waals surface area contributed by atoms with E-state index in [4.69, 9.17) is 0 Å². The molecule has 1 amide bonds. The highest BCUT2D eigenvalue weighted by atomic mass is 16.3. The van der Waals surface area contributed by atoms with Gasteiger partial charge in [-0.05, 0) is 37.5 Å². The Balaban J connectivity index is 1.41. The first kappa shape index (κ1) is 15.2. The van der Waals surface area contributed by atoms with Crippen molar-refractivity contribution < 1.29 is 9.90 Å². The lowest BCUT2D eigenvalue weighted by atomic mass is 9.91. The molecule has 23 heavy (non-hydrogen) atoms. The number of aliphatic hydroxyl groups excluding tert-OH is 1. The highest BCUT2D eigenvalue weighted by Gasteiger charge is 2.56. The Morgan fingerprint density at radius 2 is 2.00 bits per heavy atom. The van der Waals surface area contributed by atoms with Crippen LogP contribution >= 0.6 is 0 Å². The molecule has 4 unspecified atom stereocenters. The van der Waals surface area contributed by atoms with Crippen LogP contribution in [-0.2, 0) is 11.8 Å². The molecule has 4 rings (SSSR count). The van der Waals surface area contributed by atoms with E-state index in [1.165, 1.54) is 25.7 Å². The quantitative estimate of drug-likeness (QED) is 0.929. The van der Waals surface area contributed by atoms with Gasteiger partial charge < -0.3 is 14.6 Å². The van der Waals surface area contributed by atoms with Crippen molar-refractivity contribution >= 4 is 5.91 Å². The van der Waals surface area contributed by atoms with E-state index >= 15 is 0 Å². The second-order valence-corrected chi connectivity index (χ2v) is 7.67. The molecule has 3 aliphatic rings. The average Bonchev–Trinajstić information content (AvgIpc) is 3.17. The van der Waals surface area contributed by atoms with Gasteiger partial charge in [-0.1, -0.05) is 12.8 Å². The second-order valence-electron chi connectivity index (χ2n) is 7.67. The maximum atomic E-state index is 12.9. The predicted molar refractivity (Wildman–Crippen MR) is 86.4 cm³/mol. The summed E-state index contributed by atoms with van der Waals surface area (Å²) in [5.41, 5.74) is 0. The lowest BCUT2D eigenvalue weighted by molar-refractivity contribution is -0.136. The number of fused-ring (bicyclic) bond motifs is 1. The molecular formula is C18H27N3O2. The first-order chi connectivity index (χ1) is 11.2. The monoisotopic (exact) mass is 317 g/mol. The van der Waals surface area contributed by atoms with Crippen LogP contribution in [0.5, 0.6) is 0 Å². The van der Waals surface area contributed by atoms with E-state index in [2.05, 4.69) is 4.98 Å². The van der Waals surface area contributed by atoms with Gasteiger partial charge in [-0.25, -0.2) is 4.98 Å². The minimum Gasteiger partial charge on any atom is -0.385 e. The Bertz CT molecular complexity index is 573. The first-order valence-electron chi connectivity index (χ1n) is 9.11. The van der Waals surface area contributed by atoms with Crippen molar-refractivity contribution in [1.29, 1.82) is 0 Å². The average molecular weight is 317 g/mol. The molecule has 0 bridgehead atoms. The van der Waals surface area contributed by atoms with Crippen molar-refractivity contribution in [2.45, 2.75) is 44.6 Å². The standard InChI is InChI=1S/C18H27N3O2/c1-20-10-8-19-17(20)16(22)12-5-4-9-21(11-12)18(23)15-13-6-2-3-7-14(13)15/h8,10,12-16,22H,2-7,9,11H2,1H3. The van der Waals surface area contributed by atoms with Crippen molar-refractivity contribution in [2.75, 3.05) is 13.1 Å². The van der Waals surface area contributed by atoms with Gasteiger partial charge in [0.15, 0.2) is 0 Å². The fourth-order valence-electron chi connectivity index (χ4n) is 4.91. The molecule has 0 spiro atoms. The number of likely N-dealkylation sites (tertiary alicyclic amines) is 1. The van der Waals surface area contributed by atoms with E-state index < -0.39 is 6.10 Å². The van der Waals surface area contributed by atoms with Crippen LogP contribution in [0, 0.1) is 23.7 Å². The number of carbonyl (C=O) groups excluding carboxylic acids is 1. The van der Waals surface area contributed by atoms with Gasteiger partial charge in [-0.15, -0.1) is 0 Å². The molecule has 4 atom stereocenters. The second kappa shape index (κ2) is 5.93. The van der Waals surface area contributed by atoms with E-state index in [0.717, 1.165) is 19.4 Å². The molecule has 0 aromatic carbocycles. The number of hydrogen-bond donors (Lipinski definition) is 1. The third kappa shape index (κ3) is 2.69.